The Morgan fingerprint density at radius 1 is 0.943 bits per heavy atom. The number of ether oxygens (including phenoxy) is 10. The topological polar surface area (TPSA) is 208 Å². The second-order valence-electron chi connectivity index (χ2n) is 22.0. The molecule has 2 saturated carbocycles. The molecule has 13 unspecified atom stereocenters. The predicted octanol–water partition coefficient (Wildman–Crippen LogP) is 6.99. The molecule has 0 radical (unpaired) electrons. The third-order valence-corrected chi connectivity index (χ3v) is 15.6. The number of nitrogens with zero attached hydrogens (tertiary/aromatic N) is 1. The van der Waals surface area contributed by atoms with Gasteiger partial charge in [0.25, 0.3) is 0 Å². The third kappa shape index (κ3) is 9.08. The summed E-state index contributed by atoms with van der Waals surface area (Å²) in [5, 5.41) is 24.2. The van der Waals surface area contributed by atoms with E-state index in [0.717, 1.165) is 0 Å². The molecule has 384 valence electrons. The smallest absolute Gasteiger partial charge is 0.413 e. The summed E-state index contributed by atoms with van der Waals surface area (Å²) in [6.07, 6.45) is -7.59. The number of aliphatic hydroxyl groups is 2. The number of hydrogen-bond donors (Lipinski definition) is 2. The molecule has 13 atom stereocenters. The van der Waals surface area contributed by atoms with Crippen LogP contribution in [-0.2, 0) is 47.5 Å². The van der Waals surface area contributed by atoms with Crippen molar-refractivity contribution in [3.63, 3.8) is 0 Å². The van der Waals surface area contributed by atoms with Gasteiger partial charge < -0.3 is 57.6 Å². The summed E-state index contributed by atoms with van der Waals surface area (Å²) in [7, 11) is 2.98. The molecule has 3 saturated heterocycles. The van der Waals surface area contributed by atoms with Crippen LogP contribution in [0.3, 0.4) is 0 Å². The van der Waals surface area contributed by atoms with Crippen molar-refractivity contribution >= 4 is 24.0 Å². The van der Waals surface area contributed by atoms with Gasteiger partial charge in [-0.25, -0.2) is 14.4 Å². The van der Waals surface area contributed by atoms with Crippen LogP contribution in [0.25, 0.3) is 0 Å². The van der Waals surface area contributed by atoms with Crippen molar-refractivity contribution < 1.29 is 76.8 Å². The standard InChI is InChI=1S/C53H71NO16/c1-28(2)23-33-41(67-44(54(33)48(59)70-49(5,6)7)40-34(61-11)19-16-20-35(40)62-12)47(58)65-36-25-52(50(8,9)60)32(29(36)3)21-22-51(10)38(66-46(57)37-26-63-37)24-39-53(27-64-39,69-30(4)55)42(51)43(52)68-45(56)31-17-14-13-15-18-31/h13-20,28,33,36-39,41-44,46,57,60H,21-27H2,1-12H3. The number of methoxy groups -OCH3 is 2. The van der Waals surface area contributed by atoms with E-state index >= 15 is 4.79 Å². The first-order valence-corrected chi connectivity index (χ1v) is 24.4. The van der Waals surface area contributed by atoms with Crippen LogP contribution >= 0.6 is 0 Å². The molecule has 3 heterocycles. The highest BCUT2D eigenvalue weighted by Crippen LogP contribution is 2.68. The zero-order valence-electron chi connectivity index (χ0n) is 42.5. The van der Waals surface area contributed by atoms with E-state index in [4.69, 9.17) is 47.4 Å². The maximum Gasteiger partial charge on any atom is 0.413 e. The fraction of sp³-hybridized carbons (Fsp3) is 0.660. The molecule has 0 bridgehead atoms. The fourth-order valence-corrected chi connectivity index (χ4v) is 12.3. The van der Waals surface area contributed by atoms with E-state index in [-0.39, 0.29) is 30.9 Å². The van der Waals surface area contributed by atoms with E-state index in [9.17, 15) is 24.6 Å². The van der Waals surface area contributed by atoms with Crippen LogP contribution < -0.4 is 9.47 Å². The minimum Gasteiger partial charge on any atom is -0.496 e. The number of hydrogen-bond acceptors (Lipinski definition) is 16. The van der Waals surface area contributed by atoms with Crippen molar-refractivity contribution in [2.24, 2.45) is 22.7 Å². The van der Waals surface area contributed by atoms with Crippen LogP contribution in [0.15, 0.2) is 59.7 Å². The number of esters is 3. The van der Waals surface area contributed by atoms with Gasteiger partial charge in [0.05, 0.1) is 61.7 Å². The number of fused-ring (bicyclic) bond motifs is 4. The third-order valence-electron chi connectivity index (χ3n) is 15.6. The molecular formula is C53H71NO16. The summed E-state index contributed by atoms with van der Waals surface area (Å²) in [5.74, 6) is -2.24. The molecule has 5 fully saturated rings. The van der Waals surface area contributed by atoms with Crippen LogP contribution in [0, 0.1) is 22.7 Å². The SMILES string of the molecule is COc1cccc(OC)c1C1OC(C(=O)OC2CC3(C(C)(C)O)C(=C2C)CCC2(C)C(OC(O)C4CO4)CC4OCC4(OC(C)=O)C2C3OC(=O)c2ccccc2)C(CC(C)C)N1C(=O)OC(C)(C)C. The second-order valence-corrected chi connectivity index (χ2v) is 22.0. The lowest BCUT2D eigenvalue weighted by molar-refractivity contribution is -0.353. The van der Waals surface area contributed by atoms with Gasteiger partial charge >= 0.3 is 24.0 Å². The summed E-state index contributed by atoms with van der Waals surface area (Å²) in [6, 6.07) is 12.8. The first kappa shape index (κ1) is 51.6. The van der Waals surface area contributed by atoms with Crippen LogP contribution in [0.5, 0.6) is 11.5 Å². The van der Waals surface area contributed by atoms with Crippen molar-refractivity contribution in [3.8, 4) is 11.5 Å². The monoisotopic (exact) mass is 977 g/mol. The molecule has 3 aliphatic heterocycles. The molecule has 17 heteroatoms. The van der Waals surface area contributed by atoms with E-state index in [2.05, 4.69) is 0 Å². The number of benzene rings is 2. The lowest BCUT2D eigenvalue weighted by Gasteiger charge is -2.65. The van der Waals surface area contributed by atoms with Gasteiger partial charge in [-0.2, -0.15) is 0 Å². The Morgan fingerprint density at radius 3 is 2.14 bits per heavy atom. The maximum atomic E-state index is 15.2. The Bertz CT molecular complexity index is 2310. The van der Waals surface area contributed by atoms with Crippen LogP contribution in [0.2, 0.25) is 0 Å². The number of rotatable bonds is 14. The summed E-state index contributed by atoms with van der Waals surface area (Å²) in [5.41, 5.74) is -4.49. The molecular weight excluding hydrogens is 907 g/mol. The van der Waals surface area contributed by atoms with E-state index in [1.165, 1.54) is 26.0 Å². The van der Waals surface area contributed by atoms with Gasteiger partial charge in [0.1, 0.15) is 41.5 Å². The van der Waals surface area contributed by atoms with Crippen LogP contribution in [0.1, 0.15) is 123 Å². The number of aliphatic hydroxyl groups excluding tert-OH is 1. The van der Waals surface area contributed by atoms with Crippen molar-refractivity contribution in [2.75, 3.05) is 27.4 Å². The molecule has 0 aromatic heterocycles. The first-order valence-electron chi connectivity index (χ1n) is 24.4. The lowest BCUT2D eigenvalue weighted by atomic mass is 9.50. The zero-order valence-corrected chi connectivity index (χ0v) is 42.5. The molecule has 2 N–H and O–H groups in total. The minimum atomic E-state index is -1.70. The molecule has 17 nitrogen and oxygen atoms in total. The Hall–Kier alpha value is -4.78. The van der Waals surface area contributed by atoms with Crippen LogP contribution in [0.4, 0.5) is 4.79 Å². The quantitative estimate of drug-likeness (QED) is 0.0643. The lowest BCUT2D eigenvalue weighted by Crippen LogP contribution is -2.77. The first-order chi connectivity index (χ1) is 32.9. The van der Waals surface area contributed by atoms with E-state index in [1.54, 1.807) is 83.1 Å². The van der Waals surface area contributed by atoms with Crippen molar-refractivity contribution in [1.82, 2.24) is 4.90 Å². The highest BCUT2D eigenvalue weighted by Gasteiger charge is 2.76. The van der Waals surface area contributed by atoms with Crippen molar-refractivity contribution in [2.45, 2.75) is 173 Å². The van der Waals surface area contributed by atoms with Gasteiger partial charge in [-0.1, -0.05) is 50.6 Å². The number of amides is 1. The molecule has 6 aliphatic rings. The Labute approximate surface area is 410 Å². The highest BCUT2D eigenvalue weighted by molar-refractivity contribution is 5.89. The van der Waals surface area contributed by atoms with Gasteiger partial charge in [-0.3, -0.25) is 9.69 Å². The number of carbonyl (C=O) groups is 4. The minimum absolute atomic E-state index is 0.0289. The van der Waals surface area contributed by atoms with Crippen molar-refractivity contribution in [1.29, 1.82) is 0 Å². The Morgan fingerprint density at radius 2 is 1.60 bits per heavy atom. The second kappa shape index (κ2) is 19.0. The Kier molecular flexibility index (Phi) is 14.0. The summed E-state index contributed by atoms with van der Waals surface area (Å²) >= 11 is 0. The summed E-state index contributed by atoms with van der Waals surface area (Å²) in [6.45, 7) is 18.0. The molecule has 8 rings (SSSR count). The van der Waals surface area contributed by atoms with Crippen LogP contribution in [-0.4, -0.2) is 132 Å². The van der Waals surface area contributed by atoms with Gasteiger partial charge in [-0.15, -0.1) is 0 Å². The molecule has 1 amide bonds. The summed E-state index contributed by atoms with van der Waals surface area (Å²) in [4.78, 5) is 59.1. The largest absolute Gasteiger partial charge is 0.496 e. The average molecular weight is 978 g/mol. The van der Waals surface area contributed by atoms with Crippen molar-refractivity contribution in [3.05, 3.63) is 70.8 Å². The number of epoxide rings is 1. The summed E-state index contributed by atoms with van der Waals surface area (Å²) < 4.78 is 62.4. The van der Waals surface area contributed by atoms with Gasteiger partial charge in [0, 0.05) is 31.1 Å². The average Bonchev–Trinajstić information content (AvgIpc) is 4.03. The zero-order chi connectivity index (χ0) is 50.9. The normalized spacial score (nSPS) is 34.0. The molecule has 0 spiro atoms. The van der Waals surface area contributed by atoms with Gasteiger partial charge in [0.2, 0.25) is 0 Å². The van der Waals surface area contributed by atoms with Gasteiger partial charge in [-0.05, 0) is 96.6 Å². The molecule has 3 aliphatic carbocycles. The van der Waals surface area contributed by atoms with Gasteiger partial charge in [0.15, 0.2) is 24.2 Å². The fourth-order valence-electron chi connectivity index (χ4n) is 12.3. The Balaban J connectivity index is 1.24. The molecule has 70 heavy (non-hydrogen) atoms. The molecule has 2 aromatic rings. The predicted molar refractivity (Wildman–Crippen MR) is 250 cm³/mol. The van der Waals surface area contributed by atoms with E-state index in [0.29, 0.717) is 54.1 Å². The maximum absolute atomic E-state index is 15.2. The highest BCUT2D eigenvalue weighted by atomic mass is 16.7. The molecule has 2 aromatic carbocycles. The van der Waals surface area contributed by atoms with E-state index in [1.807, 2.05) is 27.7 Å². The number of carbonyl (C=O) groups excluding carboxylic acids is 4. The van der Waals surface area contributed by atoms with E-state index < -0.39 is 113 Å².